The van der Waals surface area contributed by atoms with E-state index in [0.29, 0.717) is 26.1 Å². The first-order chi connectivity index (χ1) is 31.7. The minimum Gasteiger partial charge on any atom is -0.365 e. The van der Waals surface area contributed by atoms with Crippen molar-refractivity contribution in [2.75, 3.05) is 39.3 Å². The van der Waals surface area contributed by atoms with Gasteiger partial charge >= 0.3 is 0 Å². The topological polar surface area (TPSA) is 399 Å². The zero-order valence-electron chi connectivity index (χ0n) is 36.6. The Morgan fingerprint density at radius 2 is 1.03 bits per heavy atom. The Kier molecular flexibility index (Phi) is 21.0. The maximum atomic E-state index is 13.3. The molecule has 2 heterocycles. The molecule has 0 saturated carbocycles. The number of amides is 4. The third-order valence-electron chi connectivity index (χ3n) is 10.4. The lowest BCUT2D eigenvalue weighted by Gasteiger charge is -2.21. The van der Waals surface area contributed by atoms with Gasteiger partial charge < -0.3 is 59.5 Å². The predicted octanol–water partition coefficient (Wildman–Crippen LogP) is -1.20. The Morgan fingerprint density at radius 1 is 0.591 bits per heavy atom. The van der Waals surface area contributed by atoms with Crippen LogP contribution in [0.4, 0.5) is 0 Å². The number of benzene rings is 2. The highest BCUT2D eigenvalue weighted by molar-refractivity contribution is 5.92. The van der Waals surface area contributed by atoms with Gasteiger partial charge in [0.05, 0.1) is 12.1 Å². The SMILES string of the molecule is NC(=NCCC[C@@H](NC(=O)[C@H](N)Cc1c[nH]c2ccccc12)C(=O)NCCCCCNCCNC(=O)[C@@H](CCCN=C(N)N[N+](=O)[O-])NC(=O)[C@H](N)Cc1c[nH]c2ccccc12)N[N+](=O)[O-]. The van der Waals surface area contributed by atoms with E-state index in [-0.39, 0.29) is 70.1 Å². The predicted molar refractivity (Wildman–Crippen MR) is 248 cm³/mol. The number of aliphatic imine (C=N–C) groups is 2. The quantitative estimate of drug-likeness (QED) is 0.0100. The molecule has 17 N–H and O–H groups in total. The zero-order chi connectivity index (χ0) is 47.8. The number of nitrogens with two attached hydrogens (primary N) is 4. The van der Waals surface area contributed by atoms with E-state index in [9.17, 15) is 39.4 Å². The van der Waals surface area contributed by atoms with Crippen molar-refractivity contribution in [1.82, 2.24) is 47.4 Å². The molecular weight excluding hydrogens is 859 g/mol. The third-order valence-corrected chi connectivity index (χ3v) is 10.4. The number of H-pyrrole nitrogens is 2. The van der Waals surface area contributed by atoms with Crippen LogP contribution in [0.3, 0.4) is 0 Å². The Hall–Kier alpha value is -7.38. The summed E-state index contributed by atoms with van der Waals surface area (Å²) in [5.41, 5.74) is 30.6. The number of unbranched alkanes of at least 4 members (excludes halogenated alkanes) is 2. The van der Waals surface area contributed by atoms with E-state index < -0.39 is 57.9 Å². The van der Waals surface area contributed by atoms with Gasteiger partial charge in [-0.25, -0.2) is 30.2 Å². The van der Waals surface area contributed by atoms with Crippen LogP contribution in [0.25, 0.3) is 21.8 Å². The Bertz CT molecular complexity index is 2140. The van der Waals surface area contributed by atoms with E-state index in [1.807, 2.05) is 48.5 Å². The third kappa shape index (κ3) is 17.6. The van der Waals surface area contributed by atoms with Gasteiger partial charge in [0.2, 0.25) is 23.6 Å². The Labute approximate surface area is 379 Å². The van der Waals surface area contributed by atoms with E-state index in [2.05, 4.69) is 46.5 Å². The lowest BCUT2D eigenvalue weighted by molar-refractivity contribution is -0.525. The minimum absolute atomic E-state index is 0.0663. The van der Waals surface area contributed by atoms with Crippen molar-refractivity contribution in [3.8, 4) is 0 Å². The number of guanidine groups is 2. The number of hydrazine groups is 2. The smallest absolute Gasteiger partial charge is 0.251 e. The van der Waals surface area contributed by atoms with Crippen LogP contribution in [0.15, 0.2) is 70.9 Å². The number of aromatic amines is 2. The van der Waals surface area contributed by atoms with Crippen molar-refractivity contribution in [2.24, 2.45) is 32.9 Å². The highest BCUT2D eigenvalue weighted by Crippen LogP contribution is 2.20. The van der Waals surface area contributed by atoms with Crippen molar-refractivity contribution in [3.63, 3.8) is 0 Å². The van der Waals surface area contributed by atoms with E-state index in [4.69, 9.17) is 22.9 Å². The van der Waals surface area contributed by atoms with Crippen LogP contribution in [0.2, 0.25) is 0 Å². The second-order valence-electron chi connectivity index (χ2n) is 15.4. The molecular formula is C41H61N17O8. The molecule has 0 unspecified atom stereocenters. The van der Waals surface area contributed by atoms with Crippen molar-refractivity contribution in [2.45, 2.75) is 82.0 Å². The molecule has 25 heteroatoms. The highest BCUT2D eigenvalue weighted by Gasteiger charge is 2.26. The van der Waals surface area contributed by atoms with Gasteiger partial charge in [0.1, 0.15) is 12.1 Å². The highest BCUT2D eigenvalue weighted by atomic mass is 16.7. The fourth-order valence-corrected chi connectivity index (χ4v) is 7.01. The monoisotopic (exact) mass is 919 g/mol. The second-order valence-corrected chi connectivity index (χ2v) is 15.4. The van der Waals surface area contributed by atoms with Gasteiger partial charge in [-0.1, -0.05) is 53.7 Å². The summed E-state index contributed by atoms with van der Waals surface area (Å²) in [6.07, 6.45) is 7.11. The average Bonchev–Trinajstić information content (AvgIpc) is 3.89. The molecule has 0 aliphatic rings. The number of hydrogen-bond acceptors (Lipinski definition) is 13. The summed E-state index contributed by atoms with van der Waals surface area (Å²) in [5, 5.41) is 35.9. The lowest BCUT2D eigenvalue weighted by Crippen LogP contribution is -2.52. The normalized spacial score (nSPS) is 13.6. The summed E-state index contributed by atoms with van der Waals surface area (Å²) in [6, 6.07) is 11.5. The molecule has 0 aliphatic carbocycles. The molecule has 0 aliphatic heterocycles. The van der Waals surface area contributed by atoms with Crippen molar-refractivity contribution >= 4 is 57.4 Å². The van der Waals surface area contributed by atoms with Crippen LogP contribution in [-0.2, 0) is 32.0 Å². The van der Waals surface area contributed by atoms with E-state index in [1.54, 1.807) is 23.2 Å². The maximum absolute atomic E-state index is 13.3. The molecule has 358 valence electrons. The molecule has 0 bridgehead atoms. The second kappa shape index (κ2) is 27.1. The van der Waals surface area contributed by atoms with Crippen molar-refractivity contribution in [1.29, 1.82) is 0 Å². The summed E-state index contributed by atoms with van der Waals surface area (Å²) in [6.45, 7) is 1.77. The molecule has 2 aromatic heterocycles. The first-order valence-corrected chi connectivity index (χ1v) is 21.6. The van der Waals surface area contributed by atoms with E-state index in [1.165, 1.54) is 0 Å². The fourth-order valence-electron chi connectivity index (χ4n) is 7.01. The van der Waals surface area contributed by atoms with Gasteiger partial charge in [-0.15, -0.1) is 0 Å². The first kappa shape index (κ1) is 51.3. The minimum atomic E-state index is -0.957. The van der Waals surface area contributed by atoms with Gasteiger partial charge in [0.15, 0.2) is 10.1 Å². The van der Waals surface area contributed by atoms with Crippen molar-refractivity contribution in [3.05, 3.63) is 92.3 Å². The lowest BCUT2D eigenvalue weighted by atomic mass is 10.0. The summed E-state index contributed by atoms with van der Waals surface area (Å²) in [5.74, 6) is -2.64. The van der Waals surface area contributed by atoms with Crippen molar-refractivity contribution < 1.29 is 29.2 Å². The molecule has 4 amide bonds. The molecule has 4 aromatic rings. The molecule has 0 radical (unpaired) electrons. The van der Waals surface area contributed by atoms with Crippen LogP contribution >= 0.6 is 0 Å². The molecule has 66 heavy (non-hydrogen) atoms. The van der Waals surface area contributed by atoms with Gasteiger partial charge in [-0.2, -0.15) is 0 Å². The number of nitrogens with one attached hydrogen (secondary N) is 9. The summed E-state index contributed by atoms with van der Waals surface area (Å²) >= 11 is 0. The average molecular weight is 920 g/mol. The van der Waals surface area contributed by atoms with Gasteiger partial charge in [0.25, 0.3) is 11.9 Å². The molecule has 0 fully saturated rings. The van der Waals surface area contributed by atoms with Gasteiger partial charge in [-0.05, 0) is 81.2 Å². The van der Waals surface area contributed by atoms with Crippen LogP contribution in [-0.4, -0.2) is 119 Å². The molecule has 0 spiro atoms. The van der Waals surface area contributed by atoms with Crippen LogP contribution in [0.5, 0.6) is 0 Å². The standard InChI is InChI=1S/C41H61N17O8/c42-30(22-26-24-51-32-12-4-2-10-28(26)32)36(59)53-34(14-8-18-49-40(44)55-57(63)64)38(61)47-17-7-1-6-16-46-20-21-48-39(62)35(15-9-19-50-41(45)56-58(65)66)54-37(60)31(43)23-27-25-52-33-13-5-3-11-29(27)33/h2-5,10-13,24-25,30-31,34-35,46,51-52H,1,6-9,14-23,42-43H2,(H,47,61)(H,48,62)(H,53,59)(H,54,60)(H3,44,49,55)(H3,45,50,56)/t30-,31-,34-,35-/m1/s1. The van der Waals surface area contributed by atoms with Crippen LogP contribution in [0.1, 0.15) is 56.1 Å². The number of para-hydroxylation sites is 2. The molecule has 4 rings (SSSR count). The zero-order valence-corrected chi connectivity index (χ0v) is 36.6. The molecule has 2 aromatic carbocycles. The van der Waals surface area contributed by atoms with Gasteiger partial charge in [-0.3, -0.25) is 19.2 Å². The Balaban J connectivity index is 1.18. The molecule has 25 nitrogen and oxygen atoms in total. The number of carbonyl (C=O) groups is 4. The number of rotatable bonds is 29. The number of nitrogens with zero attached hydrogens (tertiary/aromatic N) is 4. The number of nitro groups is 2. The summed E-state index contributed by atoms with van der Waals surface area (Å²) in [4.78, 5) is 88.2. The molecule has 0 saturated heterocycles. The van der Waals surface area contributed by atoms with Gasteiger partial charge in [0, 0.05) is 66.9 Å². The first-order valence-electron chi connectivity index (χ1n) is 21.6. The van der Waals surface area contributed by atoms with Crippen LogP contribution in [0, 0.1) is 20.2 Å². The summed E-state index contributed by atoms with van der Waals surface area (Å²) in [7, 11) is 0. The van der Waals surface area contributed by atoms with E-state index in [0.717, 1.165) is 45.8 Å². The fraction of sp³-hybridized carbons (Fsp3) is 0.463. The number of hydrogen-bond donors (Lipinski definition) is 13. The van der Waals surface area contributed by atoms with E-state index >= 15 is 0 Å². The number of fused-ring (bicyclic) bond motifs is 2. The maximum Gasteiger partial charge on any atom is 0.251 e. The molecule has 4 atom stereocenters. The largest absolute Gasteiger partial charge is 0.365 e. The Morgan fingerprint density at radius 3 is 1.50 bits per heavy atom. The number of aromatic nitrogens is 2. The summed E-state index contributed by atoms with van der Waals surface area (Å²) < 4.78 is 0. The van der Waals surface area contributed by atoms with Crippen LogP contribution < -0.4 is 60.4 Å². The number of carbonyl (C=O) groups excluding carboxylic acids is 4.